The fraction of sp³-hybridized carbons (Fsp3) is 0.111. The lowest BCUT2D eigenvalue weighted by molar-refractivity contribution is -0.116. The summed E-state index contributed by atoms with van der Waals surface area (Å²) < 4.78 is 1.77. The SMILES string of the molecule is Cc1ccc(NC(=O)Cn2cc(C#N)c3ccccc32)c(Cl)c1. The number of amides is 1. The van der Waals surface area contributed by atoms with Crippen molar-refractivity contribution < 1.29 is 4.79 Å². The van der Waals surface area contributed by atoms with E-state index in [1.54, 1.807) is 22.9 Å². The van der Waals surface area contributed by atoms with Crippen LogP contribution in [0.1, 0.15) is 11.1 Å². The molecule has 0 saturated carbocycles. The molecule has 0 saturated heterocycles. The maximum atomic E-state index is 12.3. The molecule has 1 N–H and O–H groups in total. The van der Waals surface area contributed by atoms with Crippen LogP contribution in [0.5, 0.6) is 0 Å². The van der Waals surface area contributed by atoms with Gasteiger partial charge >= 0.3 is 0 Å². The Kier molecular flexibility index (Phi) is 4.05. The number of fused-ring (bicyclic) bond motifs is 1. The lowest BCUT2D eigenvalue weighted by Gasteiger charge is -2.09. The molecule has 0 spiro atoms. The van der Waals surface area contributed by atoms with E-state index in [4.69, 9.17) is 11.6 Å². The van der Waals surface area contributed by atoms with Crippen LogP contribution in [0, 0.1) is 18.3 Å². The van der Waals surface area contributed by atoms with Crippen molar-refractivity contribution in [2.75, 3.05) is 5.32 Å². The molecule has 114 valence electrons. The van der Waals surface area contributed by atoms with Gasteiger partial charge in [0.15, 0.2) is 0 Å². The number of hydrogen-bond donors (Lipinski definition) is 1. The molecule has 0 aliphatic heterocycles. The Balaban J connectivity index is 1.85. The van der Waals surface area contributed by atoms with Gasteiger partial charge in [0.2, 0.25) is 5.91 Å². The number of halogens is 1. The number of benzene rings is 2. The van der Waals surface area contributed by atoms with Gasteiger partial charge in [-0.3, -0.25) is 4.79 Å². The molecule has 1 heterocycles. The molecule has 0 atom stereocenters. The van der Waals surface area contributed by atoms with Gasteiger partial charge in [0.25, 0.3) is 0 Å². The highest BCUT2D eigenvalue weighted by molar-refractivity contribution is 6.33. The smallest absolute Gasteiger partial charge is 0.244 e. The largest absolute Gasteiger partial charge is 0.337 e. The second-order valence-corrected chi connectivity index (χ2v) is 5.74. The number of hydrogen-bond acceptors (Lipinski definition) is 2. The van der Waals surface area contributed by atoms with Crippen molar-refractivity contribution in [1.82, 2.24) is 4.57 Å². The topological polar surface area (TPSA) is 57.8 Å². The molecule has 0 fully saturated rings. The number of nitrogens with one attached hydrogen (secondary N) is 1. The zero-order valence-electron chi connectivity index (χ0n) is 12.5. The molecule has 3 aromatic rings. The van der Waals surface area contributed by atoms with Gasteiger partial charge in [0.1, 0.15) is 12.6 Å². The van der Waals surface area contributed by atoms with E-state index in [9.17, 15) is 10.1 Å². The number of nitrogens with zero attached hydrogens (tertiary/aromatic N) is 2. The van der Waals surface area contributed by atoms with Gasteiger partial charge in [-0.05, 0) is 30.7 Å². The monoisotopic (exact) mass is 323 g/mol. The van der Waals surface area contributed by atoms with Crippen LogP contribution in [0.4, 0.5) is 5.69 Å². The van der Waals surface area contributed by atoms with Crippen LogP contribution in [0.25, 0.3) is 10.9 Å². The maximum absolute atomic E-state index is 12.3. The van der Waals surface area contributed by atoms with Crippen LogP contribution in [0.3, 0.4) is 0 Å². The summed E-state index contributed by atoms with van der Waals surface area (Å²) >= 11 is 6.13. The van der Waals surface area contributed by atoms with Crippen molar-refractivity contribution in [3.63, 3.8) is 0 Å². The summed E-state index contributed by atoms with van der Waals surface area (Å²) in [4.78, 5) is 12.3. The molecule has 5 heteroatoms. The molecular weight excluding hydrogens is 310 g/mol. The van der Waals surface area contributed by atoms with Crippen molar-refractivity contribution in [2.24, 2.45) is 0 Å². The normalized spacial score (nSPS) is 10.5. The first-order chi connectivity index (χ1) is 11.1. The van der Waals surface area contributed by atoms with Gasteiger partial charge in [-0.15, -0.1) is 0 Å². The third kappa shape index (κ3) is 3.05. The fourth-order valence-electron chi connectivity index (χ4n) is 2.53. The predicted molar refractivity (Wildman–Crippen MR) is 91.5 cm³/mol. The van der Waals surface area contributed by atoms with Crippen molar-refractivity contribution >= 4 is 34.1 Å². The Morgan fingerprint density at radius 3 is 2.83 bits per heavy atom. The van der Waals surface area contributed by atoms with E-state index in [1.807, 2.05) is 37.3 Å². The van der Waals surface area contributed by atoms with Crippen LogP contribution in [0.2, 0.25) is 5.02 Å². The molecule has 0 aliphatic rings. The molecule has 0 aliphatic carbocycles. The molecule has 1 amide bonds. The lowest BCUT2D eigenvalue weighted by atomic mass is 10.2. The first-order valence-corrected chi connectivity index (χ1v) is 7.50. The number of rotatable bonds is 3. The Labute approximate surface area is 138 Å². The Bertz CT molecular complexity index is 937. The van der Waals surface area contributed by atoms with Gasteiger partial charge in [-0.2, -0.15) is 5.26 Å². The summed E-state index contributed by atoms with van der Waals surface area (Å²) in [5.41, 5.74) is 3.03. The number of aryl methyl sites for hydroxylation is 1. The maximum Gasteiger partial charge on any atom is 0.244 e. The number of anilines is 1. The summed E-state index contributed by atoms with van der Waals surface area (Å²) in [6.07, 6.45) is 1.70. The molecule has 1 aromatic heterocycles. The fourth-order valence-corrected chi connectivity index (χ4v) is 2.81. The summed E-state index contributed by atoms with van der Waals surface area (Å²) in [7, 11) is 0. The highest BCUT2D eigenvalue weighted by atomic mass is 35.5. The number of carbonyl (C=O) groups excluding carboxylic acids is 1. The van der Waals surface area contributed by atoms with E-state index in [-0.39, 0.29) is 12.5 Å². The van der Waals surface area contributed by atoms with Crippen LogP contribution < -0.4 is 5.32 Å². The van der Waals surface area contributed by atoms with Gasteiger partial charge in [-0.1, -0.05) is 35.9 Å². The minimum absolute atomic E-state index is 0.117. The van der Waals surface area contributed by atoms with Crippen LogP contribution >= 0.6 is 11.6 Å². The second-order valence-electron chi connectivity index (χ2n) is 5.33. The van der Waals surface area contributed by atoms with Crippen molar-refractivity contribution in [2.45, 2.75) is 13.5 Å². The van der Waals surface area contributed by atoms with Gasteiger partial charge in [0, 0.05) is 17.1 Å². The van der Waals surface area contributed by atoms with Crippen molar-refractivity contribution in [3.05, 3.63) is 64.8 Å². The van der Waals surface area contributed by atoms with E-state index in [0.29, 0.717) is 16.3 Å². The van der Waals surface area contributed by atoms with Crippen molar-refractivity contribution in [3.8, 4) is 6.07 Å². The van der Waals surface area contributed by atoms with E-state index in [0.717, 1.165) is 16.5 Å². The van der Waals surface area contributed by atoms with Crippen LogP contribution in [-0.4, -0.2) is 10.5 Å². The van der Waals surface area contributed by atoms with Crippen LogP contribution in [-0.2, 0) is 11.3 Å². The zero-order valence-corrected chi connectivity index (χ0v) is 13.3. The number of aromatic nitrogens is 1. The summed E-state index contributed by atoms with van der Waals surface area (Å²) in [5, 5.41) is 13.4. The Morgan fingerprint density at radius 2 is 2.09 bits per heavy atom. The van der Waals surface area contributed by atoms with Gasteiger partial charge in [0.05, 0.1) is 16.3 Å². The first kappa shape index (κ1) is 15.1. The van der Waals surface area contributed by atoms with E-state index in [2.05, 4.69) is 11.4 Å². The summed E-state index contributed by atoms with van der Waals surface area (Å²) in [6.45, 7) is 2.05. The van der Waals surface area contributed by atoms with Gasteiger partial charge in [-0.25, -0.2) is 0 Å². The second kappa shape index (κ2) is 6.15. The summed E-state index contributed by atoms with van der Waals surface area (Å²) in [5.74, 6) is -0.194. The predicted octanol–water partition coefficient (Wildman–Crippen LogP) is 4.11. The molecule has 2 aromatic carbocycles. The highest BCUT2D eigenvalue weighted by Crippen LogP contribution is 2.24. The molecule has 0 unspecified atom stereocenters. The Morgan fingerprint density at radius 1 is 1.30 bits per heavy atom. The standard InChI is InChI=1S/C18H14ClN3O/c1-12-6-7-16(15(19)8-12)21-18(23)11-22-10-13(9-20)14-4-2-3-5-17(14)22/h2-8,10H,11H2,1H3,(H,21,23). The molecular formula is C18H14ClN3O. The van der Waals surface area contributed by atoms with E-state index >= 15 is 0 Å². The number of para-hydroxylation sites is 1. The molecule has 0 bridgehead atoms. The molecule has 3 rings (SSSR count). The number of nitriles is 1. The number of carbonyl (C=O) groups is 1. The minimum atomic E-state index is -0.194. The molecule has 23 heavy (non-hydrogen) atoms. The lowest BCUT2D eigenvalue weighted by Crippen LogP contribution is -2.18. The Hall–Kier alpha value is -2.77. The third-order valence-electron chi connectivity index (χ3n) is 3.62. The van der Waals surface area contributed by atoms with Gasteiger partial charge < -0.3 is 9.88 Å². The minimum Gasteiger partial charge on any atom is -0.337 e. The molecule has 0 radical (unpaired) electrons. The summed E-state index contributed by atoms with van der Waals surface area (Å²) in [6, 6.07) is 15.2. The quantitative estimate of drug-likeness (QED) is 0.788. The third-order valence-corrected chi connectivity index (χ3v) is 3.93. The van der Waals surface area contributed by atoms with E-state index in [1.165, 1.54) is 0 Å². The average Bonchev–Trinajstić information content (AvgIpc) is 2.88. The van der Waals surface area contributed by atoms with Crippen molar-refractivity contribution in [1.29, 1.82) is 5.26 Å². The first-order valence-electron chi connectivity index (χ1n) is 7.12. The van der Waals surface area contributed by atoms with E-state index < -0.39 is 0 Å². The molecule has 4 nitrogen and oxygen atoms in total. The average molecular weight is 324 g/mol. The highest BCUT2D eigenvalue weighted by Gasteiger charge is 2.11. The zero-order chi connectivity index (χ0) is 16.4. The van der Waals surface area contributed by atoms with Crippen LogP contribution in [0.15, 0.2) is 48.7 Å².